The summed E-state index contributed by atoms with van der Waals surface area (Å²) in [5, 5.41) is 3.31. The molecule has 0 radical (unpaired) electrons. The number of rotatable bonds is 4. The van der Waals surface area contributed by atoms with Gasteiger partial charge in [0.25, 0.3) is 0 Å². The summed E-state index contributed by atoms with van der Waals surface area (Å²) in [7, 11) is 0. The Morgan fingerprint density at radius 1 is 1.12 bits per heavy atom. The molecule has 0 unspecified atom stereocenters. The van der Waals surface area contributed by atoms with Gasteiger partial charge in [0.05, 0.1) is 11.4 Å². The van der Waals surface area contributed by atoms with Gasteiger partial charge in [-0.3, -0.25) is 9.97 Å². The lowest BCUT2D eigenvalue weighted by Crippen LogP contribution is -2.14. The van der Waals surface area contributed by atoms with E-state index in [0.717, 1.165) is 26.9 Å². The van der Waals surface area contributed by atoms with Gasteiger partial charge in [-0.05, 0) is 50.1 Å². The second-order valence-electron chi connectivity index (χ2n) is 3.51. The molecule has 0 saturated carbocycles. The number of aromatic nitrogens is 2. The van der Waals surface area contributed by atoms with E-state index in [4.69, 9.17) is 0 Å². The second kappa shape index (κ2) is 6.23. The highest BCUT2D eigenvalue weighted by Gasteiger charge is 2.02. The largest absolute Gasteiger partial charge is 0.305 e. The van der Waals surface area contributed by atoms with Gasteiger partial charge in [-0.15, -0.1) is 0 Å². The highest BCUT2D eigenvalue weighted by Crippen LogP contribution is 2.19. The van der Waals surface area contributed by atoms with Crippen LogP contribution in [0, 0.1) is 0 Å². The molecule has 3 nitrogen and oxygen atoms in total. The number of nitrogens with one attached hydrogen (secondary N) is 1. The maximum absolute atomic E-state index is 4.33. The zero-order valence-corrected chi connectivity index (χ0v) is 12.2. The van der Waals surface area contributed by atoms with E-state index in [0.29, 0.717) is 6.54 Å². The third-order valence-electron chi connectivity index (χ3n) is 2.21. The SMILES string of the molecule is Brc1cnc(CNCc2ccccn2)c(Br)c1. The molecule has 0 aromatic carbocycles. The minimum absolute atomic E-state index is 0.713. The van der Waals surface area contributed by atoms with Crippen molar-refractivity contribution in [1.29, 1.82) is 0 Å². The van der Waals surface area contributed by atoms with Crippen molar-refractivity contribution in [2.75, 3.05) is 0 Å². The molecule has 2 aromatic heterocycles. The Kier molecular flexibility index (Phi) is 4.65. The van der Waals surface area contributed by atoms with Gasteiger partial charge in [0.2, 0.25) is 0 Å². The molecular weight excluding hydrogens is 346 g/mol. The van der Waals surface area contributed by atoms with Crippen molar-refractivity contribution < 1.29 is 0 Å². The Balaban J connectivity index is 1.90. The molecule has 2 heterocycles. The number of pyridine rings is 2. The van der Waals surface area contributed by atoms with Gasteiger partial charge in [0.1, 0.15) is 0 Å². The Labute approximate surface area is 117 Å². The minimum atomic E-state index is 0.713. The van der Waals surface area contributed by atoms with Crippen LogP contribution in [0.25, 0.3) is 0 Å². The molecule has 2 rings (SSSR count). The quantitative estimate of drug-likeness (QED) is 0.913. The van der Waals surface area contributed by atoms with Gasteiger partial charge < -0.3 is 5.32 Å². The van der Waals surface area contributed by atoms with Crippen LogP contribution in [0.4, 0.5) is 0 Å². The van der Waals surface area contributed by atoms with Crippen molar-refractivity contribution in [2.45, 2.75) is 13.1 Å². The first-order valence-corrected chi connectivity index (χ1v) is 6.75. The van der Waals surface area contributed by atoms with Crippen LogP contribution in [0.5, 0.6) is 0 Å². The lowest BCUT2D eigenvalue weighted by molar-refractivity contribution is 0.665. The van der Waals surface area contributed by atoms with Crippen molar-refractivity contribution >= 4 is 31.9 Å². The van der Waals surface area contributed by atoms with Crippen LogP contribution in [0.15, 0.2) is 45.6 Å². The molecule has 0 saturated heterocycles. The van der Waals surface area contributed by atoms with Crippen molar-refractivity contribution in [2.24, 2.45) is 0 Å². The topological polar surface area (TPSA) is 37.8 Å². The first kappa shape index (κ1) is 12.7. The monoisotopic (exact) mass is 355 g/mol. The third-order valence-corrected chi connectivity index (χ3v) is 3.33. The molecule has 0 atom stereocenters. The standard InChI is InChI=1S/C12H11Br2N3/c13-9-5-11(14)12(17-6-9)8-15-7-10-3-1-2-4-16-10/h1-6,15H,7-8H2. The Bertz CT molecular complexity index is 488. The van der Waals surface area contributed by atoms with Crippen LogP contribution in [-0.4, -0.2) is 9.97 Å². The van der Waals surface area contributed by atoms with E-state index in [2.05, 4.69) is 47.1 Å². The fourth-order valence-electron chi connectivity index (χ4n) is 1.38. The van der Waals surface area contributed by atoms with Crippen molar-refractivity contribution in [3.63, 3.8) is 0 Å². The molecule has 1 N–H and O–H groups in total. The fourth-order valence-corrected chi connectivity index (χ4v) is 2.51. The highest BCUT2D eigenvalue weighted by atomic mass is 79.9. The van der Waals surface area contributed by atoms with Crippen molar-refractivity contribution in [3.8, 4) is 0 Å². The van der Waals surface area contributed by atoms with Crippen molar-refractivity contribution in [1.82, 2.24) is 15.3 Å². The van der Waals surface area contributed by atoms with Crippen molar-refractivity contribution in [3.05, 3.63) is 57.0 Å². The summed E-state index contributed by atoms with van der Waals surface area (Å²) in [5.41, 5.74) is 2.02. The van der Waals surface area contributed by atoms with Gasteiger partial charge in [-0.25, -0.2) is 0 Å². The normalized spacial score (nSPS) is 10.5. The molecule has 0 aliphatic carbocycles. The predicted octanol–water partition coefficient (Wildman–Crippen LogP) is 3.29. The molecule has 0 amide bonds. The van der Waals surface area contributed by atoms with Gasteiger partial charge in [-0.2, -0.15) is 0 Å². The van der Waals surface area contributed by atoms with E-state index in [1.807, 2.05) is 24.3 Å². The van der Waals surface area contributed by atoms with E-state index >= 15 is 0 Å². The minimum Gasteiger partial charge on any atom is -0.305 e. The summed E-state index contributed by atoms with van der Waals surface area (Å²) in [6, 6.07) is 7.88. The fraction of sp³-hybridized carbons (Fsp3) is 0.167. The summed E-state index contributed by atoms with van der Waals surface area (Å²) in [6.07, 6.45) is 3.59. The molecule has 0 spiro atoms. The first-order chi connectivity index (χ1) is 8.25. The summed E-state index contributed by atoms with van der Waals surface area (Å²) >= 11 is 6.86. The van der Waals surface area contributed by atoms with E-state index in [-0.39, 0.29) is 0 Å². The molecule has 17 heavy (non-hydrogen) atoms. The molecule has 0 bridgehead atoms. The Morgan fingerprint density at radius 3 is 2.71 bits per heavy atom. The highest BCUT2D eigenvalue weighted by molar-refractivity contribution is 9.11. The second-order valence-corrected chi connectivity index (χ2v) is 5.28. The van der Waals surface area contributed by atoms with Gasteiger partial charge in [0.15, 0.2) is 0 Å². The summed E-state index contributed by atoms with van der Waals surface area (Å²) in [4.78, 5) is 8.58. The molecule has 5 heteroatoms. The molecule has 88 valence electrons. The average molecular weight is 357 g/mol. The van der Waals surface area contributed by atoms with Gasteiger partial charge in [0, 0.05) is 34.4 Å². The van der Waals surface area contributed by atoms with E-state index < -0.39 is 0 Å². The van der Waals surface area contributed by atoms with Crippen LogP contribution in [0.2, 0.25) is 0 Å². The van der Waals surface area contributed by atoms with Gasteiger partial charge >= 0.3 is 0 Å². The molecule has 2 aromatic rings. The smallest absolute Gasteiger partial charge is 0.0684 e. The van der Waals surface area contributed by atoms with Crippen LogP contribution in [0.1, 0.15) is 11.4 Å². The third kappa shape index (κ3) is 3.87. The Hall–Kier alpha value is -0.780. The van der Waals surface area contributed by atoms with Crippen LogP contribution < -0.4 is 5.32 Å². The number of hydrogen-bond acceptors (Lipinski definition) is 3. The number of nitrogens with zero attached hydrogens (tertiary/aromatic N) is 2. The molecule has 0 fully saturated rings. The average Bonchev–Trinajstić information content (AvgIpc) is 2.33. The lowest BCUT2D eigenvalue weighted by atomic mass is 10.3. The molecule has 0 aliphatic heterocycles. The number of hydrogen-bond donors (Lipinski definition) is 1. The summed E-state index contributed by atoms with van der Waals surface area (Å²) in [6.45, 7) is 1.45. The predicted molar refractivity (Wildman–Crippen MR) is 74.4 cm³/mol. The zero-order valence-electron chi connectivity index (χ0n) is 9.03. The van der Waals surface area contributed by atoms with E-state index in [1.54, 1.807) is 12.4 Å². The summed E-state index contributed by atoms with van der Waals surface area (Å²) in [5.74, 6) is 0. The van der Waals surface area contributed by atoms with Gasteiger partial charge in [-0.1, -0.05) is 6.07 Å². The van der Waals surface area contributed by atoms with E-state index in [9.17, 15) is 0 Å². The first-order valence-electron chi connectivity index (χ1n) is 5.16. The molecular formula is C12H11Br2N3. The maximum Gasteiger partial charge on any atom is 0.0684 e. The molecule has 0 aliphatic rings. The van der Waals surface area contributed by atoms with E-state index in [1.165, 1.54) is 0 Å². The van der Waals surface area contributed by atoms with Crippen LogP contribution in [0.3, 0.4) is 0 Å². The zero-order chi connectivity index (χ0) is 12.1. The van der Waals surface area contributed by atoms with Crippen LogP contribution >= 0.6 is 31.9 Å². The Morgan fingerprint density at radius 2 is 2.00 bits per heavy atom. The summed E-state index contributed by atoms with van der Waals surface area (Å²) < 4.78 is 1.97. The van der Waals surface area contributed by atoms with Crippen LogP contribution in [-0.2, 0) is 13.1 Å². The number of halogens is 2. The maximum atomic E-state index is 4.33. The lowest BCUT2D eigenvalue weighted by Gasteiger charge is -2.06.